The molecule has 0 aromatic heterocycles. The maximum Gasteiger partial charge on any atom is 0.239 e. The number of guanidine groups is 1. The van der Waals surface area contributed by atoms with Gasteiger partial charge in [0.15, 0.2) is 15.8 Å². The van der Waals surface area contributed by atoms with Gasteiger partial charge in [0.1, 0.15) is 0 Å². The van der Waals surface area contributed by atoms with Crippen LogP contribution in [-0.4, -0.2) is 45.7 Å². The zero-order valence-electron chi connectivity index (χ0n) is 15.5. The fourth-order valence-electron chi connectivity index (χ4n) is 2.09. The predicted molar refractivity (Wildman–Crippen MR) is 101 cm³/mol. The zero-order chi connectivity index (χ0) is 19.1. The molecule has 0 heterocycles. The Bertz CT molecular complexity index is 704. The molecule has 0 bridgehead atoms. The van der Waals surface area contributed by atoms with E-state index in [9.17, 15) is 13.2 Å². The van der Waals surface area contributed by atoms with E-state index in [1.807, 2.05) is 32.9 Å². The molecule has 7 nitrogen and oxygen atoms in total. The zero-order valence-corrected chi connectivity index (χ0v) is 16.3. The predicted octanol–water partition coefficient (Wildman–Crippen LogP) is 0.811. The summed E-state index contributed by atoms with van der Waals surface area (Å²) in [4.78, 5) is 15.9. The average molecular weight is 369 g/mol. The standard InChI is InChI=1S/C17H28N4O3S/c1-17(2,3)21-15(22)11-20-16(18-4)19-10-13-6-8-14(9-7-13)12-25(5,23)24/h6-9H,10-12H2,1-5H3,(H,21,22)(H2,18,19,20). The van der Waals surface area contributed by atoms with Crippen molar-refractivity contribution in [2.45, 2.75) is 38.6 Å². The Morgan fingerprint density at radius 3 is 2.12 bits per heavy atom. The van der Waals surface area contributed by atoms with Crippen molar-refractivity contribution in [1.29, 1.82) is 0 Å². The highest BCUT2D eigenvalue weighted by Crippen LogP contribution is 2.07. The number of sulfone groups is 1. The highest BCUT2D eigenvalue weighted by atomic mass is 32.2. The molecule has 0 fully saturated rings. The lowest BCUT2D eigenvalue weighted by Gasteiger charge is -2.21. The number of carbonyl (C=O) groups excluding carboxylic acids is 1. The Morgan fingerprint density at radius 1 is 1.08 bits per heavy atom. The Kier molecular flexibility index (Phi) is 7.41. The van der Waals surface area contributed by atoms with Crippen LogP contribution in [-0.2, 0) is 26.9 Å². The molecule has 0 aliphatic heterocycles. The number of hydrogen-bond donors (Lipinski definition) is 3. The second-order valence-corrected chi connectivity index (χ2v) is 9.10. The normalized spacial score (nSPS) is 12.6. The van der Waals surface area contributed by atoms with Crippen LogP contribution in [0.4, 0.5) is 0 Å². The van der Waals surface area contributed by atoms with E-state index in [-0.39, 0.29) is 23.7 Å². The Hall–Kier alpha value is -2.09. The molecule has 0 aliphatic carbocycles. The van der Waals surface area contributed by atoms with Gasteiger partial charge in [-0.2, -0.15) is 0 Å². The van der Waals surface area contributed by atoms with Crippen molar-refractivity contribution in [3.63, 3.8) is 0 Å². The summed E-state index contributed by atoms with van der Waals surface area (Å²) in [5, 5.41) is 8.93. The molecule has 0 saturated carbocycles. The fourth-order valence-corrected chi connectivity index (χ4v) is 2.89. The van der Waals surface area contributed by atoms with E-state index in [2.05, 4.69) is 20.9 Å². The van der Waals surface area contributed by atoms with Gasteiger partial charge in [0, 0.05) is 25.4 Å². The fraction of sp³-hybridized carbons (Fsp3) is 0.529. The topological polar surface area (TPSA) is 99.7 Å². The summed E-state index contributed by atoms with van der Waals surface area (Å²) in [7, 11) is -1.40. The molecule has 25 heavy (non-hydrogen) atoms. The largest absolute Gasteiger partial charge is 0.352 e. The summed E-state index contributed by atoms with van der Waals surface area (Å²) < 4.78 is 22.6. The van der Waals surface area contributed by atoms with Crippen LogP contribution < -0.4 is 16.0 Å². The first-order valence-electron chi connectivity index (χ1n) is 7.99. The van der Waals surface area contributed by atoms with Crippen molar-refractivity contribution in [2.24, 2.45) is 4.99 Å². The quantitative estimate of drug-likeness (QED) is 0.510. The summed E-state index contributed by atoms with van der Waals surface area (Å²) in [6.45, 7) is 6.41. The summed E-state index contributed by atoms with van der Waals surface area (Å²) in [6.07, 6.45) is 1.22. The molecule has 3 N–H and O–H groups in total. The van der Waals surface area contributed by atoms with Crippen LogP contribution in [0, 0.1) is 0 Å². The van der Waals surface area contributed by atoms with E-state index in [4.69, 9.17) is 0 Å². The van der Waals surface area contributed by atoms with E-state index in [1.165, 1.54) is 6.26 Å². The molecule has 140 valence electrons. The van der Waals surface area contributed by atoms with E-state index < -0.39 is 9.84 Å². The Morgan fingerprint density at radius 2 is 1.64 bits per heavy atom. The molecule has 1 aromatic rings. The third-order valence-electron chi connectivity index (χ3n) is 3.07. The van der Waals surface area contributed by atoms with Crippen molar-refractivity contribution in [3.8, 4) is 0 Å². The van der Waals surface area contributed by atoms with Gasteiger partial charge in [-0.25, -0.2) is 8.42 Å². The van der Waals surface area contributed by atoms with E-state index in [0.29, 0.717) is 12.5 Å². The molecule has 1 aromatic carbocycles. The minimum Gasteiger partial charge on any atom is -0.352 e. The lowest BCUT2D eigenvalue weighted by atomic mass is 10.1. The molecule has 0 radical (unpaired) electrons. The third kappa shape index (κ3) is 9.71. The van der Waals surface area contributed by atoms with Gasteiger partial charge >= 0.3 is 0 Å². The maximum atomic E-state index is 11.8. The second kappa shape index (κ2) is 8.84. The van der Waals surface area contributed by atoms with E-state index >= 15 is 0 Å². The highest BCUT2D eigenvalue weighted by molar-refractivity contribution is 7.89. The van der Waals surface area contributed by atoms with Crippen molar-refractivity contribution < 1.29 is 13.2 Å². The van der Waals surface area contributed by atoms with Gasteiger partial charge < -0.3 is 16.0 Å². The molecule has 0 unspecified atom stereocenters. The lowest BCUT2D eigenvalue weighted by molar-refractivity contribution is -0.121. The van der Waals surface area contributed by atoms with Crippen LogP contribution in [0.25, 0.3) is 0 Å². The summed E-state index contributed by atoms with van der Waals surface area (Å²) >= 11 is 0. The van der Waals surface area contributed by atoms with Crippen molar-refractivity contribution >= 4 is 21.7 Å². The minimum absolute atomic E-state index is 0.0345. The lowest BCUT2D eigenvalue weighted by Crippen LogP contribution is -2.48. The van der Waals surface area contributed by atoms with Gasteiger partial charge in [0.2, 0.25) is 5.91 Å². The number of rotatable bonds is 6. The van der Waals surface area contributed by atoms with Gasteiger partial charge in [0.05, 0.1) is 12.3 Å². The molecule has 0 aliphatic rings. The van der Waals surface area contributed by atoms with Crippen molar-refractivity contribution in [1.82, 2.24) is 16.0 Å². The molecule has 1 rings (SSSR count). The number of nitrogens with zero attached hydrogens (tertiary/aromatic N) is 1. The van der Waals surface area contributed by atoms with Crippen LogP contribution in [0.1, 0.15) is 31.9 Å². The number of nitrogens with one attached hydrogen (secondary N) is 3. The van der Waals surface area contributed by atoms with E-state index in [0.717, 1.165) is 11.1 Å². The molecular weight excluding hydrogens is 340 g/mol. The number of carbonyl (C=O) groups is 1. The van der Waals surface area contributed by atoms with Gasteiger partial charge in [-0.1, -0.05) is 24.3 Å². The first-order chi connectivity index (χ1) is 11.5. The van der Waals surface area contributed by atoms with Gasteiger partial charge in [-0.15, -0.1) is 0 Å². The van der Waals surface area contributed by atoms with Gasteiger partial charge in [0.25, 0.3) is 0 Å². The SMILES string of the molecule is CN=C(NCC(=O)NC(C)(C)C)NCc1ccc(CS(C)(=O)=O)cc1. The Balaban J connectivity index is 2.48. The summed E-state index contributed by atoms with van der Waals surface area (Å²) in [5.74, 6) is 0.442. The third-order valence-corrected chi connectivity index (χ3v) is 3.92. The smallest absolute Gasteiger partial charge is 0.239 e. The van der Waals surface area contributed by atoms with Crippen LogP contribution in [0.5, 0.6) is 0 Å². The number of hydrogen-bond acceptors (Lipinski definition) is 4. The molecular formula is C17H28N4O3S. The Labute approximate surface area is 150 Å². The summed E-state index contributed by atoms with van der Waals surface area (Å²) in [5.41, 5.74) is 1.47. The van der Waals surface area contributed by atoms with E-state index in [1.54, 1.807) is 19.2 Å². The average Bonchev–Trinajstić information content (AvgIpc) is 2.45. The first-order valence-corrected chi connectivity index (χ1v) is 10.1. The van der Waals surface area contributed by atoms with Crippen LogP contribution in [0.3, 0.4) is 0 Å². The van der Waals surface area contributed by atoms with Crippen LogP contribution in [0.2, 0.25) is 0 Å². The number of amides is 1. The van der Waals surface area contributed by atoms with Gasteiger partial charge in [-0.05, 0) is 31.9 Å². The van der Waals surface area contributed by atoms with Crippen molar-refractivity contribution in [2.75, 3.05) is 19.8 Å². The molecule has 8 heteroatoms. The minimum atomic E-state index is -3.03. The van der Waals surface area contributed by atoms with Gasteiger partial charge in [-0.3, -0.25) is 9.79 Å². The summed E-state index contributed by atoms with van der Waals surface area (Å²) in [6, 6.07) is 7.33. The second-order valence-electron chi connectivity index (χ2n) is 6.96. The maximum absolute atomic E-state index is 11.8. The van der Waals surface area contributed by atoms with Crippen molar-refractivity contribution in [3.05, 3.63) is 35.4 Å². The molecule has 0 atom stereocenters. The molecule has 0 saturated heterocycles. The number of aliphatic imine (C=N–C) groups is 1. The number of benzene rings is 1. The monoisotopic (exact) mass is 368 g/mol. The van der Waals surface area contributed by atoms with Crippen LogP contribution in [0.15, 0.2) is 29.3 Å². The molecule has 1 amide bonds. The highest BCUT2D eigenvalue weighted by Gasteiger charge is 2.13. The molecule has 0 spiro atoms. The van der Waals surface area contributed by atoms with Crippen LogP contribution >= 0.6 is 0 Å². The first kappa shape index (κ1) is 21.0.